The lowest BCUT2D eigenvalue weighted by Gasteiger charge is -2.20. The van der Waals surface area contributed by atoms with Crippen molar-refractivity contribution in [1.82, 2.24) is 4.90 Å². The molecule has 7 nitrogen and oxygen atoms in total. The lowest BCUT2D eigenvalue weighted by molar-refractivity contribution is -0.387. The zero-order chi connectivity index (χ0) is 15.8. The van der Waals surface area contributed by atoms with Crippen LogP contribution in [0.25, 0.3) is 0 Å². The third-order valence-corrected chi connectivity index (χ3v) is 2.67. The summed E-state index contributed by atoms with van der Waals surface area (Å²) in [6, 6.07) is 6.60. The lowest BCUT2D eigenvalue weighted by Crippen LogP contribution is -2.32. The molecule has 0 aliphatic carbocycles. The van der Waals surface area contributed by atoms with Crippen molar-refractivity contribution in [3.63, 3.8) is 0 Å². The Morgan fingerprint density at radius 3 is 2.29 bits per heavy atom. The van der Waals surface area contributed by atoms with E-state index in [1.807, 2.05) is 12.1 Å². The highest BCUT2D eigenvalue weighted by Crippen LogP contribution is 2.19. The molecule has 0 bridgehead atoms. The van der Waals surface area contributed by atoms with Gasteiger partial charge >= 0.3 is 5.69 Å². The van der Waals surface area contributed by atoms with Crippen LogP contribution in [0.2, 0.25) is 0 Å². The van der Waals surface area contributed by atoms with Crippen molar-refractivity contribution in [3.8, 4) is 12.1 Å². The number of halogens is 1. The first kappa shape index (κ1) is 16.1. The molecule has 108 valence electrons. The Bertz CT molecular complexity index is 615. The van der Waals surface area contributed by atoms with Crippen molar-refractivity contribution in [2.24, 2.45) is 0 Å². The number of nitro groups is 1. The van der Waals surface area contributed by atoms with E-state index in [9.17, 15) is 19.3 Å². The summed E-state index contributed by atoms with van der Waals surface area (Å²) in [4.78, 5) is 23.0. The van der Waals surface area contributed by atoms with Crippen LogP contribution in [0.3, 0.4) is 0 Å². The molecule has 0 saturated heterocycles. The van der Waals surface area contributed by atoms with Crippen LogP contribution < -0.4 is 0 Å². The number of hydrogen-bond acceptors (Lipinski definition) is 5. The average molecular weight is 290 g/mol. The average Bonchev–Trinajstić information content (AvgIpc) is 2.46. The Hall–Kier alpha value is -3.00. The van der Waals surface area contributed by atoms with Gasteiger partial charge in [-0.15, -0.1) is 0 Å². The first-order chi connectivity index (χ1) is 10.0. The fraction of sp³-hybridized carbons (Fsp3) is 0.308. The van der Waals surface area contributed by atoms with Crippen LogP contribution in [0.5, 0.6) is 0 Å². The van der Waals surface area contributed by atoms with E-state index in [2.05, 4.69) is 0 Å². The Labute approximate surface area is 120 Å². The van der Waals surface area contributed by atoms with Crippen molar-refractivity contribution in [2.75, 3.05) is 13.1 Å². The largest absolute Gasteiger partial charge is 0.337 e. The summed E-state index contributed by atoms with van der Waals surface area (Å²) in [5, 5.41) is 27.6. The van der Waals surface area contributed by atoms with Gasteiger partial charge in [0, 0.05) is 24.7 Å². The molecule has 0 aliphatic heterocycles. The number of nitrogens with zero attached hydrogens (tertiary/aromatic N) is 4. The van der Waals surface area contributed by atoms with Gasteiger partial charge in [0.2, 0.25) is 5.82 Å². The second-order valence-electron chi connectivity index (χ2n) is 4.03. The van der Waals surface area contributed by atoms with E-state index in [0.29, 0.717) is 0 Å². The molecule has 0 N–H and O–H groups in total. The van der Waals surface area contributed by atoms with Crippen LogP contribution in [0, 0.1) is 38.6 Å². The molecule has 0 spiro atoms. The second-order valence-corrected chi connectivity index (χ2v) is 4.03. The molecule has 1 aromatic carbocycles. The number of rotatable bonds is 6. The molecule has 21 heavy (non-hydrogen) atoms. The van der Waals surface area contributed by atoms with Crippen LogP contribution in [-0.2, 0) is 0 Å². The van der Waals surface area contributed by atoms with Gasteiger partial charge in [0.25, 0.3) is 5.91 Å². The van der Waals surface area contributed by atoms with E-state index < -0.39 is 22.3 Å². The monoisotopic (exact) mass is 290 g/mol. The minimum atomic E-state index is -1.11. The number of nitro benzene ring substituents is 1. The molecule has 0 aromatic heterocycles. The summed E-state index contributed by atoms with van der Waals surface area (Å²) in [6.45, 7) is 0.214. The minimum Gasteiger partial charge on any atom is -0.337 e. The molecule has 1 amide bonds. The SMILES string of the molecule is N#CCCN(CCC#N)C(=O)c1ccc([N+](=O)[O-])c(F)c1. The Morgan fingerprint density at radius 1 is 1.29 bits per heavy atom. The van der Waals surface area contributed by atoms with Gasteiger partial charge in [-0.25, -0.2) is 0 Å². The zero-order valence-electron chi connectivity index (χ0n) is 11.0. The number of nitriles is 2. The molecule has 0 heterocycles. The first-order valence-electron chi connectivity index (χ1n) is 5.98. The predicted molar refractivity (Wildman–Crippen MR) is 69.4 cm³/mol. The van der Waals surface area contributed by atoms with Crippen LogP contribution in [0.1, 0.15) is 23.2 Å². The molecule has 0 atom stereocenters. The van der Waals surface area contributed by atoms with E-state index in [1.54, 1.807) is 0 Å². The van der Waals surface area contributed by atoms with Gasteiger partial charge < -0.3 is 4.90 Å². The van der Waals surface area contributed by atoms with Gasteiger partial charge in [0.1, 0.15) is 0 Å². The maximum Gasteiger partial charge on any atom is 0.304 e. The maximum absolute atomic E-state index is 13.5. The number of carbonyl (C=O) groups is 1. The Balaban J connectivity index is 2.98. The predicted octanol–water partition coefficient (Wildman–Crippen LogP) is 2.00. The summed E-state index contributed by atoms with van der Waals surface area (Å²) in [6.07, 6.45) is 0.152. The van der Waals surface area contributed by atoms with Crippen LogP contribution in [0.4, 0.5) is 10.1 Å². The summed E-state index contributed by atoms with van der Waals surface area (Å²) in [5.74, 6) is -1.68. The van der Waals surface area contributed by atoms with Crippen molar-refractivity contribution >= 4 is 11.6 Å². The van der Waals surface area contributed by atoms with Gasteiger partial charge in [-0.1, -0.05) is 0 Å². The molecular weight excluding hydrogens is 279 g/mol. The van der Waals surface area contributed by atoms with E-state index in [-0.39, 0.29) is 31.5 Å². The van der Waals surface area contributed by atoms with Gasteiger partial charge in [-0.2, -0.15) is 14.9 Å². The minimum absolute atomic E-state index is 0.0611. The van der Waals surface area contributed by atoms with E-state index in [4.69, 9.17) is 10.5 Å². The van der Waals surface area contributed by atoms with Crippen molar-refractivity contribution in [3.05, 3.63) is 39.7 Å². The van der Waals surface area contributed by atoms with Crippen LogP contribution in [0.15, 0.2) is 18.2 Å². The van der Waals surface area contributed by atoms with Gasteiger partial charge in [0.05, 0.1) is 29.9 Å². The molecule has 1 rings (SSSR count). The van der Waals surface area contributed by atoms with Crippen molar-refractivity contribution in [2.45, 2.75) is 12.8 Å². The number of carbonyl (C=O) groups excluding carboxylic acids is 1. The van der Waals surface area contributed by atoms with E-state index in [0.717, 1.165) is 18.2 Å². The van der Waals surface area contributed by atoms with E-state index in [1.165, 1.54) is 4.90 Å². The summed E-state index contributed by atoms with van der Waals surface area (Å²) < 4.78 is 13.5. The fourth-order valence-electron chi connectivity index (χ4n) is 1.66. The zero-order valence-corrected chi connectivity index (χ0v) is 11.0. The molecule has 1 aromatic rings. The highest BCUT2D eigenvalue weighted by molar-refractivity contribution is 5.94. The number of amides is 1. The second kappa shape index (κ2) is 7.56. The molecule has 8 heteroatoms. The van der Waals surface area contributed by atoms with E-state index >= 15 is 0 Å². The normalized spacial score (nSPS) is 9.48. The van der Waals surface area contributed by atoms with Gasteiger partial charge in [0.15, 0.2) is 0 Å². The topological polar surface area (TPSA) is 111 Å². The molecule has 0 radical (unpaired) electrons. The standard InChI is InChI=1S/C13H11FN4O3/c14-11-9-10(3-4-12(11)18(20)21)13(19)17(7-1-5-15)8-2-6-16/h3-4,9H,1-2,7-8H2. The fourth-order valence-corrected chi connectivity index (χ4v) is 1.66. The summed E-state index contributed by atoms with van der Waals surface area (Å²) in [7, 11) is 0. The highest BCUT2D eigenvalue weighted by Gasteiger charge is 2.20. The molecular formula is C13H11FN4O3. The highest BCUT2D eigenvalue weighted by atomic mass is 19.1. The number of benzene rings is 1. The molecule has 0 aliphatic rings. The molecule has 0 saturated carbocycles. The van der Waals surface area contributed by atoms with Crippen LogP contribution >= 0.6 is 0 Å². The van der Waals surface area contributed by atoms with Crippen molar-refractivity contribution < 1.29 is 14.1 Å². The Morgan fingerprint density at radius 2 is 1.86 bits per heavy atom. The van der Waals surface area contributed by atoms with Crippen molar-refractivity contribution in [1.29, 1.82) is 10.5 Å². The third kappa shape index (κ3) is 4.25. The Kier molecular flexibility index (Phi) is 5.78. The molecule has 0 fully saturated rings. The molecule has 0 unspecified atom stereocenters. The summed E-state index contributed by atoms with van der Waals surface area (Å²) in [5.41, 5.74) is -0.777. The maximum atomic E-state index is 13.5. The van der Waals surface area contributed by atoms with Gasteiger partial charge in [-0.3, -0.25) is 14.9 Å². The third-order valence-electron chi connectivity index (χ3n) is 2.67. The number of hydrogen-bond donors (Lipinski definition) is 0. The lowest BCUT2D eigenvalue weighted by atomic mass is 10.1. The smallest absolute Gasteiger partial charge is 0.304 e. The van der Waals surface area contributed by atoms with Crippen LogP contribution in [-0.4, -0.2) is 28.8 Å². The first-order valence-corrected chi connectivity index (χ1v) is 5.98. The quantitative estimate of drug-likeness (QED) is 0.587. The summed E-state index contributed by atoms with van der Waals surface area (Å²) >= 11 is 0. The van der Waals surface area contributed by atoms with Gasteiger partial charge in [-0.05, 0) is 12.1 Å².